The minimum absolute atomic E-state index is 1.40. The Hall–Kier alpha value is -0.780. The van der Waals surface area contributed by atoms with Gasteiger partial charge in [0.1, 0.15) is 6.61 Å². The Morgan fingerprint density at radius 3 is 1.41 bits per heavy atom. The highest BCUT2D eigenvalue weighted by Gasteiger charge is 2.76. The van der Waals surface area contributed by atoms with Gasteiger partial charge in [-0.05, 0) is 4.53 Å². The van der Waals surface area contributed by atoms with E-state index in [9.17, 15) is 44.0 Å². The first-order valence-electron chi connectivity index (χ1n) is 3.41. The Labute approximate surface area is 86.0 Å². The third kappa shape index (κ3) is 3.59. The molecule has 0 aliphatic carbocycles. The SMILES string of the molecule is FOC(F)(C(F)(F)F)C(F)(F)OCC(F)(F)F. The lowest BCUT2D eigenvalue weighted by Gasteiger charge is -2.30. The molecule has 0 aliphatic heterocycles. The Morgan fingerprint density at radius 1 is 0.765 bits per heavy atom. The second-order valence-electron chi connectivity index (χ2n) is 2.59. The summed E-state index contributed by atoms with van der Waals surface area (Å²) in [6.45, 7) is -2.93. The fourth-order valence-corrected chi connectivity index (χ4v) is 0.519. The highest BCUT2D eigenvalue weighted by molar-refractivity contribution is 4.85. The van der Waals surface area contributed by atoms with Crippen LogP contribution in [0.5, 0.6) is 0 Å². The summed E-state index contributed by atoms with van der Waals surface area (Å²) in [5.74, 6) is -6.33. The first-order chi connectivity index (χ1) is 7.27. The van der Waals surface area contributed by atoms with Crippen molar-refractivity contribution < 1.29 is 53.7 Å². The Kier molecular flexibility index (Phi) is 4.27. The highest BCUT2D eigenvalue weighted by Crippen LogP contribution is 2.47. The van der Waals surface area contributed by atoms with Crippen molar-refractivity contribution in [3.8, 4) is 0 Å². The van der Waals surface area contributed by atoms with Gasteiger partial charge < -0.3 is 4.74 Å². The number of hydrogen-bond acceptors (Lipinski definition) is 2. The summed E-state index contributed by atoms with van der Waals surface area (Å²) < 4.78 is 120. The van der Waals surface area contributed by atoms with Crippen LogP contribution in [0.4, 0.5) is 44.0 Å². The summed E-state index contributed by atoms with van der Waals surface area (Å²) in [5.41, 5.74) is 0. The first-order valence-corrected chi connectivity index (χ1v) is 3.41. The third-order valence-electron chi connectivity index (χ3n) is 1.26. The largest absolute Gasteiger partial charge is 0.461 e. The number of alkyl halides is 9. The molecule has 0 aliphatic rings. The van der Waals surface area contributed by atoms with E-state index in [4.69, 9.17) is 0 Å². The van der Waals surface area contributed by atoms with Crippen molar-refractivity contribution >= 4 is 0 Å². The highest BCUT2D eigenvalue weighted by atomic mass is 19.4. The van der Waals surface area contributed by atoms with Crippen molar-refractivity contribution in [2.45, 2.75) is 24.3 Å². The van der Waals surface area contributed by atoms with E-state index in [2.05, 4.69) is 4.74 Å². The summed E-state index contributed by atoms with van der Waals surface area (Å²) in [6, 6.07) is 0. The molecule has 12 heteroatoms. The predicted molar refractivity (Wildman–Crippen MR) is 29.0 cm³/mol. The van der Waals surface area contributed by atoms with E-state index in [0.29, 0.717) is 0 Å². The van der Waals surface area contributed by atoms with E-state index >= 15 is 0 Å². The molecule has 0 heterocycles. The molecule has 0 fully saturated rings. The third-order valence-corrected chi connectivity index (χ3v) is 1.26. The van der Waals surface area contributed by atoms with E-state index in [-0.39, 0.29) is 0 Å². The zero-order valence-corrected chi connectivity index (χ0v) is 7.30. The predicted octanol–water partition coefficient (Wildman–Crippen LogP) is 3.29. The summed E-state index contributed by atoms with van der Waals surface area (Å²) in [5, 5.41) is 0. The fourth-order valence-electron chi connectivity index (χ4n) is 0.519. The summed E-state index contributed by atoms with van der Waals surface area (Å²) in [4.78, 5) is 1.40. The van der Waals surface area contributed by atoms with Crippen LogP contribution in [0.25, 0.3) is 0 Å². The molecular weight excluding hydrogens is 282 g/mol. The fraction of sp³-hybridized carbons (Fsp3) is 1.00. The van der Waals surface area contributed by atoms with Gasteiger partial charge in [-0.3, -0.25) is 0 Å². The van der Waals surface area contributed by atoms with Gasteiger partial charge in [0.25, 0.3) is 0 Å². The molecule has 2 nitrogen and oxygen atoms in total. The van der Waals surface area contributed by atoms with Crippen LogP contribution >= 0.6 is 0 Å². The van der Waals surface area contributed by atoms with E-state index in [1.807, 2.05) is 0 Å². The number of halogens is 10. The molecule has 0 N–H and O–H groups in total. The molecule has 0 amide bonds. The van der Waals surface area contributed by atoms with Gasteiger partial charge in [0.2, 0.25) is 0 Å². The topological polar surface area (TPSA) is 18.5 Å². The molecule has 0 saturated carbocycles. The normalized spacial score (nSPS) is 18.0. The second-order valence-corrected chi connectivity index (χ2v) is 2.59. The molecule has 0 aromatic carbocycles. The quantitative estimate of drug-likeness (QED) is 0.737. The minimum Gasteiger partial charge on any atom is -0.306 e. The molecule has 1 atom stereocenters. The molecular formula is C5H2F10O2. The van der Waals surface area contributed by atoms with Crippen LogP contribution < -0.4 is 0 Å². The van der Waals surface area contributed by atoms with Crippen LogP contribution in [0.15, 0.2) is 0 Å². The minimum atomic E-state index is -6.64. The summed E-state index contributed by atoms with van der Waals surface area (Å²) in [7, 11) is 0. The Bertz CT molecular complexity index is 256. The van der Waals surface area contributed by atoms with Gasteiger partial charge in [0.05, 0.1) is 0 Å². The standard InChI is InChI=1S/C5H2F10O2/c6-2(7,8)1-16-5(13,14)3(9,17-15)4(10,11)12/h1H2. The van der Waals surface area contributed by atoms with Crippen molar-refractivity contribution in [1.82, 2.24) is 0 Å². The van der Waals surface area contributed by atoms with E-state index in [1.165, 1.54) is 4.94 Å². The van der Waals surface area contributed by atoms with Crippen molar-refractivity contribution in [3.63, 3.8) is 0 Å². The first kappa shape index (κ1) is 16.2. The Morgan fingerprint density at radius 2 is 1.18 bits per heavy atom. The van der Waals surface area contributed by atoms with Gasteiger partial charge in [-0.25, -0.2) is 0 Å². The molecule has 104 valence electrons. The number of hydrogen-bond donors (Lipinski definition) is 0. The molecule has 0 bridgehead atoms. The maximum atomic E-state index is 12.4. The second kappa shape index (κ2) is 4.48. The number of ether oxygens (including phenoxy) is 1. The maximum absolute atomic E-state index is 12.4. The molecule has 0 aromatic rings. The maximum Gasteiger partial charge on any atom is 0.461 e. The van der Waals surface area contributed by atoms with Crippen molar-refractivity contribution in [1.29, 1.82) is 0 Å². The van der Waals surface area contributed by atoms with Gasteiger partial charge in [0.15, 0.2) is 0 Å². The molecule has 0 aromatic heterocycles. The van der Waals surface area contributed by atoms with Crippen LogP contribution in [0.2, 0.25) is 0 Å². The molecule has 0 rings (SSSR count). The zero-order valence-electron chi connectivity index (χ0n) is 7.30. The zero-order chi connectivity index (χ0) is 14.1. The van der Waals surface area contributed by atoms with Gasteiger partial charge in [-0.1, -0.05) is 0 Å². The van der Waals surface area contributed by atoms with Crippen LogP contribution in [0, 0.1) is 0 Å². The van der Waals surface area contributed by atoms with Crippen molar-refractivity contribution in [2.24, 2.45) is 0 Å². The van der Waals surface area contributed by atoms with E-state index in [1.54, 1.807) is 0 Å². The van der Waals surface area contributed by atoms with Gasteiger partial charge in [-0.15, -0.1) is 4.94 Å². The molecule has 0 spiro atoms. The summed E-state index contributed by atoms with van der Waals surface area (Å²) >= 11 is 0. The Balaban J connectivity index is 5.00. The number of rotatable bonds is 4. The van der Waals surface area contributed by atoms with E-state index in [0.717, 1.165) is 0 Å². The average Bonchev–Trinajstić information content (AvgIpc) is 2.10. The van der Waals surface area contributed by atoms with Crippen LogP contribution in [-0.2, 0) is 9.68 Å². The van der Waals surface area contributed by atoms with Crippen molar-refractivity contribution in [2.75, 3.05) is 6.61 Å². The molecule has 17 heavy (non-hydrogen) atoms. The lowest BCUT2D eigenvalue weighted by atomic mass is 10.3. The van der Waals surface area contributed by atoms with Crippen LogP contribution in [0.3, 0.4) is 0 Å². The lowest BCUT2D eigenvalue weighted by Crippen LogP contribution is -2.58. The van der Waals surface area contributed by atoms with Gasteiger partial charge in [0, 0.05) is 0 Å². The van der Waals surface area contributed by atoms with Gasteiger partial charge in [-0.2, -0.15) is 39.5 Å². The van der Waals surface area contributed by atoms with Crippen LogP contribution in [0.1, 0.15) is 0 Å². The van der Waals surface area contributed by atoms with Crippen molar-refractivity contribution in [3.05, 3.63) is 0 Å². The lowest BCUT2D eigenvalue weighted by molar-refractivity contribution is -0.504. The van der Waals surface area contributed by atoms with Crippen LogP contribution in [-0.4, -0.2) is 30.9 Å². The van der Waals surface area contributed by atoms with E-state index < -0.39 is 30.9 Å². The molecule has 0 radical (unpaired) electrons. The summed E-state index contributed by atoms with van der Waals surface area (Å²) in [6.07, 6.45) is -18.3. The monoisotopic (exact) mass is 284 g/mol. The van der Waals surface area contributed by atoms with Gasteiger partial charge >= 0.3 is 24.3 Å². The molecule has 0 saturated heterocycles. The smallest absolute Gasteiger partial charge is 0.306 e. The average molecular weight is 284 g/mol. The molecule has 1 unspecified atom stereocenters.